The van der Waals surface area contributed by atoms with Crippen molar-refractivity contribution < 1.29 is 9.90 Å². The van der Waals surface area contributed by atoms with Gasteiger partial charge in [-0.3, -0.25) is 9.69 Å². The molecule has 1 aliphatic rings. The van der Waals surface area contributed by atoms with Gasteiger partial charge in [-0.25, -0.2) is 0 Å². The molecule has 5 heteroatoms. The minimum Gasteiger partial charge on any atom is -0.395 e. The minimum absolute atomic E-state index is 0.000415. The van der Waals surface area contributed by atoms with Gasteiger partial charge in [-0.15, -0.1) is 11.3 Å². The molecule has 1 aromatic heterocycles. The molecule has 2 heterocycles. The second-order valence-corrected chi connectivity index (χ2v) is 4.90. The number of amides is 1. The Bertz CT molecular complexity index is 365. The summed E-state index contributed by atoms with van der Waals surface area (Å²) in [7, 11) is 0. The van der Waals surface area contributed by atoms with Gasteiger partial charge in [0.05, 0.1) is 13.2 Å². The number of thiophene rings is 1. The smallest absolute Gasteiger partial charge is 0.234 e. The fourth-order valence-electron chi connectivity index (χ4n) is 1.90. The van der Waals surface area contributed by atoms with Crippen LogP contribution in [0.3, 0.4) is 0 Å². The molecule has 1 aromatic rings. The minimum atomic E-state index is -0.00673. The summed E-state index contributed by atoms with van der Waals surface area (Å²) in [6.45, 7) is 2.58. The average Bonchev–Trinajstić information content (AvgIpc) is 2.73. The standard InChI is InChI=1S/C11H16N2O2S/c14-5-3-12-11(15)8-13-4-1-10-9(7-13)2-6-16-10/h2,6,14H,1,3-5,7-8H2,(H,12,15). The van der Waals surface area contributed by atoms with Gasteiger partial charge in [-0.05, 0) is 23.4 Å². The highest BCUT2D eigenvalue weighted by Gasteiger charge is 2.18. The van der Waals surface area contributed by atoms with Gasteiger partial charge >= 0.3 is 0 Å². The van der Waals surface area contributed by atoms with Crippen LogP contribution >= 0.6 is 11.3 Å². The summed E-state index contributed by atoms with van der Waals surface area (Å²) in [6, 6.07) is 2.14. The van der Waals surface area contributed by atoms with Crippen molar-refractivity contribution in [3.8, 4) is 0 Å². The summed E-state index contributed by atoms with van der Waals surface area (Å²) in [5.41, 5.74) is 1.35. The normalized spacial score (nSPS) is 15.8. The Morgan fingerprint density at radius 3 is 3.31 bits per heavy atom. The van der Waals surface area contributed by atoms with Crippen molar-refractivity contribution in [1.82, 2.24) is 10.2 Å². The molecule has 0 saturated heterocycles. The summed E-state index contributed by atoms with van der Waals surface area (Å²) in [5, 5.41) is 13.4. The molecule has 4 nitrogen and oxygen atoms in total. The first-order valence-electron chi connectivity index (χ1n) is 5.45. The molecule has 0 atom stereocenters. The second kappa shape index (κ2) is 5.43. The molecule has 2 rings (SSSR count). The van der Waals surface area contributed by atoms with Crippen LogP contribution < -0.4 is 5.32 Å². The van der Waals surface area contributed by atoms with Gasteiger partial charge in [-0.1, -0.05) is 0 Å². The van der Waals surface area contributed by atoms with E-state index < -0.39 is 0 Å². The van der Waals surface area contributed by atoms with E-state index in [9.17, 15) is 4.79 Å². The molecular weight excluding hydrogens is 224 g/mol. The van der Waals surface area contributed by atoms with Gasteiger partial charge in [0.1, 0.15) is 0 Å². The number of nitrogens with one attached hydrogen (secondary N) is 1. The van der Waals surface area contributed by atoms with Crippen LogP contribution in [0.2, 0.25) is 0 Å². The second-order valence-electron chi connectivity index (χ2n) is 3.90. The molecule has 1 amide bonds. The number of fused-ring (bicyclic) bond motifs is 1. The Morgan fingerprint density at radius 1 is 1.62 bits per heavy atom. The lowest BCUT2D eigenvalue weighted by atomic mass is 10.1. The number of nitrogens with zero attached hydrogens (tertiary/aromatic N) is 1. The third-order valence-electron chi connectivity index (χ3n) is 2.69. The number of aliphatic hydroxyl groups is 1. The van der Waals surface area contributed by atoms with E-state index in [4.69, 9.17) is 5.11 Å². The van der Waals surface area contributed by atoms with Crippen molar-refractivity contribution in [3.63, 3.8) is 0 Å². The van der Waals surface area contributed by atoms with Gasteiger partial charge in [0, 0.05) is 24.5 Å². The maximum Gasteiger partial charge on any atom is 0.234 e. The molecule has 1 aliphatic heterocycles. The Balaban J connectivity index is 1.82. The van der Waals surface area contributed by atoms with Gasteiger partial charge in [0.2, 0.25) is 5.91 Å². The lowest BCUT2D eigenvalue weighted by Gasteiger charge is -2.25. The molecule has 16 heavy (non-hydrogen) atoms. The zero-order valence-electron chi connectivity index (χ0n) is 9.11. The van der Waals surface area contributed by atoms with Crippen LogP contribution in [0.4, 0.5) is 0 Å². The van der Waals surface area contributed by atoms with Crippen LogP contribution in [0, 0.1) is 0 Å². The maximum atomic E-state index is 11.5. The van der Waals surface area contributed by atoms with Crippen molar-refractivity contribution >= 4 is 17.2 Å². The number of carbonyl (C=O) groups excluding carboxylic acids is 1. The predicted molar refractivity (Wildman–Crippen MR) is 63.4 cm³/mol. The quantitative estimate of drug-likeness (QED) is 0.791. The van der Waals surface area contributed by atoms with Crippen LogP contribution in [-0.4, -0.2) is 42.2 Å². The summed E-state index contributed by atoms with van der Waals surface area (Å²) in [4.78, 5) is 15.1. The molecule has 0 aliphatic carbocycles. The van der Waals surface area contributed by atoms with E-state index in [2.05, 4.69) is 21.7 Å². The zero-order valence-corrected chi connectivity index (χ0v) is 9.92. The van der Waals surface area contributed by atoms with Crippen molar-refractivity contribution in [2.75, 3.05) is 26.2 Å². The van der Waals surface area contributed by atoms with Crippen LogP contribution in [0.25, 0.3) is 0 Å². The first-order valence-corrected chi connectivity index (χ1v) is 6.32. The summed E-state index contributed by atoms with van der Waals surface area (Å²) < 4.78 is 0. The molecule has 0 spiro atoms. The van der Waals surface area contributed by atoms with E-state index >= 15 is 0 Å². The first kappa shape index (κ1) is 11.6. The van der Waals surface area contributed by atoms with Crippen LogP contribution in [0.5, 0.6) is 0 Å². The van der Waals surface area contributed by atoms with E-state index in [1.54, 1.807) is 11.3 Å². The van der Waals surface area contributed by atoms with Crippen molar-refractivity contribution in [2.45, 2.75) is 13.0 Å². The predicted octanol–water partition coefficient (Wildman–Crippen LogP) is 0.215. The average molecular weight is 240 g/mol. The summed E-state index contributed by atoms with van der Waals surface area (Å²) in [6.07, 6.45) is 1.04. The Labute approximate surface area is 98.9 Å². The topological polar surface area (TPSA) is 52.6 Å². The molecule has 88 valence electrons. The van der Waals surface area contributed by atoms with Gasteiger partial charge < -0.3 is 10.4 Å². The zero-order chi connectivity index (χ0) is 11.4. The number of aliphatic hydroxyl groups excluding tert-OH is 1. The SMILES string of the molecule is O=C(CN1CCc2sccc2C1)NCCO. The largest absolute Gasteiger partial charge is 0.395 e. The molecule has 0 fully saturated rings. The molecule has 0 aromatic carbocycles. The van der Waals surface area contributed by atoms with Crippen molar-refractivity contribution in [3.05, 3.63) is 21.9 Å². The van der Waals surface area contributed by atoms with E-state index in [-0.39, 0.29) is 12.5 Å². The number of hydrogen-bond acceptors (Lipinski definition) is 4. The Kier molecular flexibility index (Phi) is 3.93. The van der Waals surface area contributed by atoms with E-state index in [1.165, 1.54) is 10.4 Å². The van der Waals surface area contributed by atoms with E-state index in [0.29, 0.717) is 13.1 Å². The number of hydrogen-bond donors (Lipinski definition) is 2. The molecular formula is C11H16N2O2S. The van der Waals surface area contributed by atoms with Crippen LogP contribution in [-0.2, 0) is 17.8 Å². The monoisotopic (exact) mass is 240 g/mol. The van der Waals surface area contributed by atoms with Gasteiger partial charge in [0.25, 0.3) is 0 Å². The molecule has 0 radical (unpaired) electrons. The third kappa shape index (κ3) is 2.81. The molecule has 0 unspecified atom stereocenters. The Morgan fingerprint density at radius 2 is 2.50 bits per heavy atom. The first-order chi connectivity index (χ1) is 7.79. The number of carbonyl (C=O) groups is 1. The fourth-order valence-corrected chi connectivity index (χ4v) is 2.79. The summed E-state index contributed by atoms with van der Waals surface area (Å²) in [5.74, 6) is -0.00673. The highest BCUT2D eigenvalue weighted by Crippen LogP contribution is 2.23. The molecule has 0 saturated carbocycles. The lowest BCUT2D eigenvalue weighted by molar-refractivity contribution is -0.122. The number of rotatable bonds is 4. The van der Waals surface area contributed by atoms with E-state index in [1.807, 2.05) is 0 Å². The van der Waals surface area contributed by atoms with Gasteiger partial charge in [0.15, 0.2) is 0 Å². The third-order valence-corrected chi connectivity index (χ3v) is 3.71. The summed E-state index contributed by atoms with van der Waals surface area (Å²) >= 11 is 1.80. The van der Waals surface area contributed by atoms with Crippen LogP contribution in [0.15, 0.2) is 11.4 Å². The maximum absolute atomic E-state index is 11.5. The van der Waals surface area contributed by atoms with Crippen LogP contribution in [0.1, 0.15) is 10.4 Å². The lowest BCUT2D eigenvalue weighted by Crippen LogP contribution is -2.40. The van der Waals surface area contributed by atoms with Gasteiger partial charge in [-0.2, -0.15) is 0 Å². The highest BCUT2D eigenvalue weighted by molar-refractivity contribution is 7.10. The van der Waals surface area contributed by atoms with Crippen molar-refractivity contribution in [1.29, 1.82) is 0 Å². The molecule has 0 bridgehead atoms. The van der Waals surface area contributed by atoms with E-state index in [0.717, 1.165) is 19.5 Å². The highest BCUT2D eigenvalue weighted by atomic mass is 32.1. The molecule has 2 N–H and O–H groups in total. The van der Waals surface area contributed by atoms with Crippen molar-refractivity contribution in [2.24, 2.45) is 0 Å². The fraction of sp³-hybridized carbons (Fsp3) is 0.545. The Hall–Kier alpha value is -0.910.